The molecule has 0 aliphatic carbocycles. The molecule has 1 N–H and O–H groups in total. The van der Waals surface area contributed by atoms with Gasteiger partial charge in [-0.15, -0.1) is 0 Å². The summed E-state index contributed by atoms with van der Waals surface area (Å²) in [4.78, 5) is 2.46. The summed E-state index contributed by atoms with van der Waals surface area (Å²) in [5.41, 5.74) is -12.3. The van der Waals surface area contributed by atoms with Crippen molar-refractivity contribution in [3.63, 3.8) is 0 Å². The summed E-state index contributed by atoms with van der Waals surface area (Å²) in [5, 5.41) is 0. The minimum Gasteiger partial charge on any atom is -0.299 e. The summed E-state index contributed by atoms with van der Waals surface area (Å²) >= 11 is 0. The molecule has 0 amide bonds. The monoisotopic (exact) mass is 410 g/mol. The molecule has 0 aliphatic heterocycles. The lowest BCUT2D eigenvalue weighted by atomic mass is 10.2. The fourth-order valence-corrected chi connectivity index (χ4v) is 3.48. The van der Waals surface area contributed by atoms with Gasteiger partial charge in [0.15, 0.2) is 0 Å². The quantitative estimate of drug-likeness (QED) is 0.704. The third-order valence-electron chi connectivity index (χ3n) is 2.52. The zero-order valence-electron chi connectivity index (χ0n) is 13.5. The summed E-state index contributed by atoms with van der Waals surface area (Å²) in [6.07, 6.45) is 0. The molecule has 0 heterocycles. The first-order valence-electron chi connectivity index (χ1n) is 6.47. The predicted octanol–water partition coefficient (Wildman–Crippen LogP) is 2.40. The van der Waals surface area contributed by atoms with Crippen molar-refractivity contribution in [2.75, 3.05) is 6.54 Å². The first kappa shape index (κ1) is 25.6. The largest absolute Gasteiger partial charge is 0.512 e. The fourth-order valence-electron chi connectivity index (χ4n) is 1.57. The third-order valence-corrected chi connectivity index (χ3v) is 5.49. The van der Waals surface area contributed by atoms with Crippen molar-refractivity contribution in [1.82, 2.24) is 9.03 Å². The van der Waals surface area contributed by atoms with Gasteiger partial charge in [0.05, 0.1) is 0 Å². The van der Waals surface area contributed by atoms with Crippen LogP contribution >= 0.6 is 0 Å². The van der Waals surface area contributed by atoms with Crippen LogP contribution in [0.4, 0.5) is 26.3 Å². The molecule has 0 aromatic rings. The normalized spacial score (nSPS) is 14.1. The van der Waals surface area contributed by atoms with Gasteiger partial charge < -0.3 is 0 Å². The van der Waals surface area contributed by atoms with Gasteiger partial charge in [-0.05, 0) is 34.2 Å². The third kappa shape index (κ3) is 7.98. The van der Waals surface area contributed by atoms with E-state index >= 15 is 0 Å². The molecule has 0 saturated heterocycles. The topological polar surface area (TPSA) is 83.6 Å². The molecular weight excluding hydrogens is 390 g/mol. The fraction of sp³-hybridized carbons (Fsp3) is 1.00. The van der Waals surface area contributed by atoms with Crippen LogP contribution in [-0.2, 0) is 20.0 Å². The molecule has 0 unspecified atom stereocenters. The van der Waals surface area contributed by atoms with E-state index in [2.05, 4.69) is 39.5 Å². The Balaban J connectivity index is 0. The van der Waals surface area contributed by atoms with Crippen LogP contribution in [0.3, 0.4) is 0 Å². The van der Waals surface area contributed by atoms with E-state index in [1.54, 1.807) is 0 Å². The zero-order chi connectivity index (χ0) is 20.1. The molecule has 24 heavy (non-hydrogen) atoms. The van der Waals surface area contributed by atoms with Gasteiger partial charge in [0.25, 0.3) is 0 Å². The summed E-state index contributed by atoms with van der Waals surface area (Å²) in [6, 6.07) is 1.38. The number of rotatable bonds is 5. The van der Waals surface area contributed by atoms with Crippen molar-refractivity contribution >= 4 is 20.0 Å². The Morgan fingerprint density at radius 3 is 1.12 bits per heavy atom. The lowest BCUT2D eigenvalue weighted by molar-refractivity contribution is -0.0476. The lowest BCUT2D eigenvalue weighted by Gasteiger charge is -2.28. The molecule has 0 rings (SSSR count). The number of hydrogen-bond acceptors (Lipinski definition) is 5. The van der Waals surface area contributed by atoms with Crippen LogP contribution in [-0.4, -0.2) is 51.4 Å². The standard InChI is InChI=1S/C8H19N.C2HF6NO4S2/c1-6-9(7(2)3)8(4)5;3-1(4,5)14(10,11)9-15(12,13)2(6,7)8/h7-8H,6H2,1-5H3;9H. The predicted molar refractivity (Wildman–Crippen MR) is 75.7 cm³/mol. The molecule has 6 nitrogen and oxygen atoms in total. The van der Waals surface area contributed by atoms with Crippen LogP contribution in [0.25, 0.3) is 0 Å². The number of nitrogens with zero attached hydrogens (tertiary/aromatic N) is 1. The van der Waals surface area contributed by atoms with Crippen molar-refractivity contribution < 1.29 is 43.2 Å². The number of hydrogen-bond donors (Lipinski definition) is 1. The van der Waals surface area contributed by atoms with Gasteiger partial charge in [0, 0.05) is 12.1 Å². The second kappa shape index (κ2) is 8.67. The van der Waals surface area contributed by atoms with Gasteiger partial charge >= 0.3 is 31.1 Å². The molecule has 0 saturated carbocycles. The van der Waals surface area contributed by atoms with Crippen LogP contribution in [0, 0.1) is 0 Å². The van der Waals surface area contributed by atoms with Crippen molar-refractivity contribution in [2.24, 2.45) is 0 Å². The van der Waals surface area contributed by atoms with Gasteiger partial charge in [-0.2, -0.15) is 26.3 Å². The van der Waals surface area contributed by atoms with Gasteiger partial charge in [0.1, 0.15) is 0 Å². The first-order valence-corrected chi connectivity index (χ1v) is 9.43. The van der Waals surface area contributed by atoms with Crippen molar-refractivity contribution in [3.05, 3.63) is 0 Å². The van der Waals surface area contributed by atoms with E-state index in [0.29, 0.717) is 12.1 Å². The molecule has 14 heteroatoms. The van der Waals surface area contributed by atoms with Gasteiger partial charge in [-0.25, -0.2) is 16.8 Å². The van der Waals surface area contributed by atoms with Crippen molar-refractivity contribution in [1.29, 1.82) is 0 Å². The Hall–Kier alpha value is -0.600. The lowest BCUT2D eigenvalue weighted by Crippen LogP contribution is -2.45. The van der Waals surface area contributed by atoms with Crippen LogP contribution in [0.2, 0.25) is 0 Å². The van der Waals surface area contributed by atoms with E-state index in [9.17, 15) is 43.2 Å². The van der Waals surface area contributed by atoms with Crippen LogP contribution in [0.5, 0.6) is 0 Å². The van der Waals surface area contributed by atoms with E-state index in [-0.39, 0.29) is 0 Å². The molecule has 0 aromatic carbocycles. The summed E-state index contributed by atoms with van der Waals surface area (Å²) in [7, 11) is -13.2. The number of sulfonamides is 2. The Morgan fingerprint density at radius 2 is 1.04 bits per heavy atom. The molecule has 0 fully saturated rings. The highest BCUT2D eigenvalue weighted by atomic mass is 32.3. The van der Waals surface area contributed by atoms with Crippen molar-refractivity contribution in [2.45, 2.75) is 57.7 Å². The number of nitrogens with one attached hydrogen (secondary N) is 1. The molecule has 0 aromatic heterocycles. The average Bonchev–Trinajstić information content (AvgIpc) is 2.24. The van der Waals surface area contributed by atoms with Gasteiger partial charge in [-0.1, -0.05) is 11.1 Å². The van der Waals surface area contributed by atoms with E-state index in [1.807, 2.05) is 0 Å². The first-order chi connectivity index (χ1) is 10.3. The SMILES string of the molecule is CCN(C(C)C)C(C)C.O=S(=O)(NS(=O)(=O)C(F)(F)F)C(F)(F)F. The second-order valence-corrected chi connectivity index (χ2v) is 8.61. The van der Waals surface area contributed by atoms with E-state index in [0.717, 1.165) is 6.54 Å². The maximum atomic E-state index is 11.5. The van der Waals surface area contributed by atoms with Crippen molar-refractivity contribution in [3.8, 4) is 0 Å². The van der Waals surface area contributed by atoms with Crippen LogP contribution < -0.4 is 4.13 Å². The minimum atomic E-state index is -6.60. The number of halogens is 6. The maximum absolute atomic E-state index is 11.5. The van der Waals surface area contributed by atoms with E-state index in [1.165, 1.54) is 0 Å². The zero-order valence-corrected chi connectivity index (χ0v) is 15.2. The highest BCUT2D eigenvalue weighted by Gasteiger charge is 2.55. The molecule has 0 bridgehead atoms. The Morgan fingerprint density at radius 1 is 0.792 bits per heavy atom. The smallest absolute Gasteiger partial charge is 0.299 e. The molecule has 0 aliphatic rings. The van der Waals surface area contributed by atoms with Crippen LogP contribution in [0.15, 0.2) is 0 Å². The maximum Gasteiger partial charge on any atom is 0.512 e. The molecule has 148 valence electrons. The average molecular weight is 410 g/mol. The van der Waals surface area contributed by atoms with E-state index in [4.69, 9.17) is 0 Å². The Kier molecular flexibility index (Phi) is 9.26. The summed E-state index contributed by atoms with van der Waals surface area (Å²) in [6.45, 7) is 12.3. The Labute approximate surface area is 137 Å². The molecular formula is C10H20F6N2O4S2. The molecule has 0 radical (unpaired) electrons. The number of alkyl halides is 6. The molecule has 0 spiro atoms. The minimum absolute atomic E-state index is 0.493. The van der Waals surface area contributed by atoms with E-state index < -0.39 is 35.2 Å². The highest BCUT2D eigenvalue weighted by molar-refractivity contribution is 8.05. The van der Waals surface area contributed by atoms with Gasteiger partial charge in [0.2, 0.25) is 0 Å². The highest BCUT2D eigenvalue weighted by Crippen LogP contribution is 2.27. The second-order valence-electron chi connectivity index (χ2n) is 5.00. The van der Waals surface area contributed by atoms with Crippen LogP contribution in [0.1, 0.15) is 34.6 Å². The summed E-state index contributed by atoms with van der Waals surface area (Å²) < 4.78 is 108. The Bertz CT molecular complexity index is 531. The molecule has 0 atom stereocenters. The van der Waals surface area contributed by atoms with Gasteiger partial charge in [-0.3, -0.25) is 4.90 Å². The summed E-state index contributed by atoms with van der Waals surface area (Å²) in [5.74, 6) is 0.